The van der Waals surface area contributed by atoms with Gasteiger partial charge in [0.05, 0.1) is 0 Å². The molecule has 1 unspecified atom stereocenters. The third kappa shape index (κ3) is 5.07. The lowest BCUT2D eigenvalue weighted by molar-refractivity contribution is 0.518. The number of rotatable bonds is 8. The van der Waals surface area contributed by atoms with Crippen molar-refractivity contribution in [1.82, 2.24) is 5.32 Å². The molecule has 0 radical (unpaired) electrons. The van der Waals surface area contributed by atoms with E-state index in [1.807, 2.05) is 0 Å². The molecular weight excluding hydrogens is 232 g/mol. The van der Waals surface area contributed by atoms with Gasteiger partial charge in [-0.2, -0.15) is 0 Å². The van der Waals surface area contributed by atoms with Gasteiger partial charge >= 0.3 is 0 Å². The summed E-state index contributed by atoms with van der Waals surface area (Å²) < 4.78 is 0. The molecule has 0 saturated heterocycles. The minimum absolute atomic E-state index is 0.473. The molecule has 1 N–H and O–H groups in total. The zero-order valence-electron chi connectivity index (χ0n) is 12.9. The maximum absolute atomic E-state index is 3.96. The summed E-state index contributed by atoms with van der Waals surface area (Å²) in [5.74, 6) is 0. The highest BCUT2D eigenvalue weighted by Gasteiger charge is 2.08. The first-order chi connectivity index (χ1) is 9.08. The van der Waals surface area contributed by atoms with Crippen LogP contribution in [-0.4, -0.2) is 20.1 Å². The molecular formula is C17H28N2. The number of hydrogen-bond acceptors (Lipinski definition) is 2. The van der Waals surface area contributed by atoms with Crippen molar-refractivity contribution < 1.29 is 0 Å². The maximum Gasteiger partial charge on any atom is 0.0380 e. The van der Waals surface area contributed by atoms with Gasteiger partial charge in [0.15, 0.2) is 0 Å². The van der Waals surface area contributed by atoms with Gasteiger partial charge in [0.25, 0.3) is 0 Å². The summed E-state index contributed by atoms with van der Waals surface area (Å²) in [4.78, 5) is 2.23. The van der Waals surface area contributed by atoms with Crippen molar-refractivity contribution in [2.24, 2.45) is 0 Å². The van der Waals surface area contributed by atoms with Gasteiger partial charge in [0.1, 0.15) is 0 Å². The lowest BCUT2D eigenvalue weighted by Gasteiger charge is -2.21. The zero-order valence-corrected chi connectivity index (χ0v) is 12.9. The van der Waals surface area contributed by atoms with E-state index in [-0.39, 0.29) is 0 Å². The van der Waals surface area contributed by atoms with Crippen LogP contribution in [0.1, 0.15) is 45.2 Å². The first-order valence-electron chi connectivity index (χ1n) is 7.27. The summed E-state index contributed by atoms with van der Waals surface area (Å²) in [6, 6.07) is 9.35. The van der Waals surface area contributed by atoms with Gasteiger partial charge in [-0.3, -0.25) is 0 Å². The Kier molecular flexibility index (Phi) is 6.65. The molecule has 106 valence electrons. The number of hydrogen-bond donors (Lipinski definition) is 1. The lowest BCUT2D eigenvalue weighted by Crippen LogP contribution is -2.22. The Morgan fingerprint density at radius 3 is 2.37 bits per heavy atom. The minimum atomic E-state index is 0.473. The predicted molar refractivity (Wildman–Crippen MR) is 85.9 cm³/mol. The minimum Gasteiger partial charge on any atom is -0.371 e. The molecule has 0 bridgehead atoms. The number of nitrogens with one attached hydrogen (secondary N) is 1. The van der Waals surface area contributed by atoms with E-state index in [1.54, 1.807) is 0 Å². The van der Waals surface area contributed by atoms with Crippen LogP contribution in [0, 0.1) is 0 Å². The second-order valence-electron chi connectivity index (χ2n) is 5.32. The highest BCUT2D eigenvalue weighted by Crippen LogP contribution is 2.21. The Bertz CT molecular complexity index is 381. The topological polar surface area (TPSA) is 15.3 Å². The van der Waals surface area contributed by atoms with Crippen molar-refractivity contribution in [2.75, 3.05) is 25.0 Å². The quantitative estimate of drug-likeness (QED) is 0.706. The molecule has 0 amide bonds. The van der Waals surface area contributed by atoms with Crippen LogP contribution in [0.3, 0.4) is 0 Å². The van der Waals surface area contributed by atoms with Crippen molar-refractivity contribution >= 4 is 5.69 Å². The molecule has 19 heavy (non-hydrogen) atoms. The fraction of sp³-hybridized carbons (Fsp3) is 0.529. The Morgan fingerprint density at radius 2 is 1.89 bits per heavy atom. The Morgan fingerprint density at radius 1 is 1.26 bits per heavy atom. The molecule has 0 aliphatic carbocycles. The van der Waals surface area contributed by atoms with E-state index in [0.717, 1.165) is 19.5 Å². The van der Waals surface area contributed by atoms with Crippen LogP contribution in [0.15, 0.2) is 36.4 Å². The number of anilines is 1. The third-order valence-corrected chi connectivity index (χ3v) is 3.29. The summed E-state index contributed by atoms with van der Waals surface area (Å²) in [6.45, 7) is 12.4. The van der Waals surface area contributed by atoms with Crippen LogP contribution in [0.4, 0.5) is 5.69 Å². The van der Waals surface area contributed by atoms with Crippen LogP contribution in [0.5, 0.6) is 0 Å². The summed E-state index contributed by atoms with van der Waals surface area (Å²) in [7, 11) is 2.11. The molecule has 1 atom stereocenters. The van der Waals surface area contributed by atoms with Gasteiger partial charge in [-0.1, -0.05) is 38.1 Å². The van der Waals surface area contributed by atoms with Crippen LogP contribution >= 0.6 is 0 Å². The van der Waals surface area contributed by atoms with E-state index in [4.69, 9.17) is 0 Å². The highest BCUT2D eigenvalue weighted by molar-refractivity contribution is 5.48. The zero-order chi connectivity index (χ0) is 14.3. The van der Waals surface area contributed by atoms with Gasteiger partial charge in [-0.25, -0.2) is 0 Å². The molecule has 1 rings (SSSR count). The maximum atomic E-state index is 3.96. The average Bonchev–Trinajstić information content (AvgIpc) is 2.39. The summed E-state index contributed by atoms with van der Waals surface area (Å²) >= 11 is 0. The fourth-order valence-corrected chi connectivity index (χ4v) is 2.27. The van der Waals surface area contributed by atoms with Crippen LogP contribution in [0.25, 0.3) is 0 Å². The Labute approximate surface area is 118 Å². The number of likely N-dealkylation sites (N-methyl/N-ethyl adjacent to an activating group) is 1. The first-order valence-corrected chi connectivity index (χ1v) is 7.27. The molecule has 0 saturated carbocycles. The van der Waals surface area contributed by atoms with Gasteiger partial charge < -0.3 is 10.2 Å². The summed E-state index contributed by atoms with van der Waals surface area (Å²) in [6.07, 6.45) is 2.30. The van der Waals surface area contributed by atoms with Gasteiger partial charge in [0, 0.05) is 25.3 Å². The molecule has 0 aliphatic heterocycles. The van der Waals surface area contributed by atoms with Crippen molar-refractivity contribution in [3.05, 3.63) is 42.0 Å². The first kappa shape index (κ1) is 15.8. The number of nitrogens with zero attached hydrogens (tertiary/aromatic N) is 1. The van der Waals surface area contributed by atoms with Crippen molar-refractivity contribution in [3.63, 3.8) is 0 Å². The molecule has 0 aliphatic rings. The van der Waals surface area contributed by atoms with Gasteiger partial charge in [-0.15, -0.1) is 0 Å². The van der Waals surface area contributed by atoms with Gasteiger partial charge in [0.2, 0.25) is 0 Å². The molecule has 1 aromatic carbocycles. The molecule has 0 aromatic heterocycles. The summed E-state index contributed by atoms with van der Waals surface area (Å²) in [5.41, 5.74) is 3.81. The summed E-state index contributed by atoms with van der Waals surface area (Å²) in [5, 5.41) is 3.59. The van der Waals surface area contributed by atoms with Crippen molar-refractivity contribution in [1.29, 1.82) is 0 Å². The second kappa shape index (κ2) is 8.00. The third-order valence-electron chi connectivity index (χ3n) is 3.29. The van der Waals surface area contributed by atoms with Crippen LogP contribution in [0.2, 0.25) is 0 Å². The fourth-order valence-electron chi connectivity index (χ4n) is 2.27. The van der Waals surface area contributed by atoms with Crippen LogP contribution in [-0.2, 0) is 0 Å². The molecule has 0 heterocycles. The monoisotopic (exact) mass is 260 g/mol. The second-order valence-corrected chi connectivity index (χ2v) is 5.32. The van der Waals surface area contributed by atoms with E-state index in [2.05, 4.69) is 68.9 Å². The predicted octanol–water partition coefficient (Wildman–Crippen LogP) is 4.15. The molecule has 2 heteroatoms. The normalized spacial score (nSPS) is 12.2. The number of benzene rings is 1. The Hall–Kier alpha value is -1.28. The van der Waals surface area contributed by atoms with E-state index in [9.17, 15) is 0 Å². The molecule has 0 spiro atoms. The van der Waals surface area contributed by atoms with Crippen molar-refractivity contribution in [2.45, 2.75) is 39.7 Å². The molecule has 1 aromatic rings. The molecule has 0 fully saturated rings. The smallest absolute Gasteiger partial charge is 0.0380 e. The standard InChI is InChI=1S/C17H28N2/c1-6-12-18-17(7-2)15-8-10-16(11-9-15)19(5)13-14(3)4/h8-11,17-18H,3,6-7,12-13H2,1-2,4-5H3. The highest BCUT2D eigenvalue weighted by atomic mass is 15.1. The largest absolute Gasteiger partial charge is 0.371 e. The Balaban J connectivity index is 2.71. The van der Waals surface area contributed by atoms with E-state index in [1.165, 1.54) is 23.2 Å². The average molecular weight is 260 g/mol. The lowest BCUT2D eigenvalue weighted by atomic mass is 10.0. The van der Waals surface area contributed by atoms with E-state index >= 15 is 0 Å². The van der Waals surface area contributed by atoms with Gasteiger partial charge in [-0.05, 0) is 44.0 Å². The van der Waals surface area contributed by atoms with E-state index in [0.29, 0.717) is 6.04 Å². The molecule has 2 nitrogen and oxygen atoms in total. The van der Waals surface area contributed by atoms with Crippen LogP contribution < -0.4 is 10.2 Å². The SMILES string of the molecule is C=C(C)CN(C)c1ccc(C(CC)NCCC)cc1. The van der Waals surface area contributed by atoms with Crippen molar-refractivity contribution in [3.8, 4) is 0 Å². The van der Waals surface area contributed by atoms with E-state index < -0.39 is 0 Å².